The third-order valence-corrected chi connectivity index (χ3v) is 8.71. The lowest BCUT2D eigenvalue weighted by Gasteiger charge is -2.29. The molecule has 154 valence electrons. The molecule has 3 atom stereocenters. The minimum atomic E-state index is -2.98. The molecule has 3 rings (SSSR count). The topological polar surface area (TPSA) is 89.5 Å². The Balaban J connectivity index is 1.55. The average Bonchev–Trinajstić information content (AvgIpc) is 3.00. The normalized spacial score (nSPS) is 26.5. The zero-order valence-corrected chi connectivity index (χ0v) is 17.7. The summed E-state index contributed by atoms with van der Waals surface area (Å²) in [7, 11) is -2.98. The highest BCUT2D eigenvalue weighted by atomic mass is 32.2. The summed E-state index contributed by atoms with van der Waals surface area (Å²) in [5.41, 5.74) is 0.371. The predicted molar refractivity (Wildman–Crippen MR) is 109 cm³/mol. The van der Waals surface area contributed by atoms with Crippen molar-refractivity contribution in [2.75, 3.05) is 18.1 Å². The first-order chi connectivity index (χ1) is 13.3. The lowest BCUT2D eigenvalue weighted by Crippen LogP contribution is -2.42. The molecule has 1 aromatic carbocycles. The van der Waals surface area contributed by atoms with Crippen molar-refractivity contribution in [1.82, 2.24) is 5.32 Å². The van der Waals surface area contributed by atoms with Gasteiger partial charge in [0.15, 0.2) is 16.4 Å². The first-order valence-electron chi connectivity index (χ1n) is 9.76. The van der Waals surface area contributed by atoms with Gasteiger partial charge in [0.25, 0.3) is 5.91 Å². The highest BCUT2D eigenvalue weighted by Gasteiger charge is 2.30. The van der Waals surface area contributed by atoms with Crippen molar-refractivity contribution < 1.29 is 22.7 Å². The summed E-state index contributed by atoms with van der Waals surface area (Å²) < 4.78 is 28.6. The number of nitrogens with one attached hydrogen (secondary N) is 1. The van der Waals surface area contributed by atoms with Gasteiger partial charge in [0, 0.05) is 16.2 Å². The Hall–Kier alpha value is -1.54. The van der Waals surface area contributed by atoms with Crippen LogP contribution in [0, 0.1) is 5.92 Å². The Morgan fingerprint density at radius 1 is 1.18 bits per heavy atom. The Labute approximate surface area is 170 Å². The van der Waals surface area contributed by atoms with Crippen molar-refractivity contribution in [3.05, 3.63) is 29.8 Å². The number of hydrogen-bond donors (Lipinski definition) is 1. The van der Waals surface area contributed by atoms with Crippen LogP contribution >= 0.6 is 11.8 Å². The third kappa shape index (κ3) is 5.73. The van der Waals surface area contributed by atoms with E-state index < -0.39 is 15.8 Å². The van der Waals surface area contributed by atoms with Crippen molar-refractivity contribution in [2.24, 2.45) is 5.92 Å². The number of esters is 1. The quantitative estimate of drug-likeness (QED) is 0.705. The maximum atomic E-state index is 12.5. The van der Waals surface area contributed by atoms with Gasteiger partial charge in [-0.3, -0.25) is 4.79 Å². The van der Waals surface area contributed by atoms with E-state index in [1.807, 2.05) is 0 Å². The number of amides is 1. The first-order valence-corrected chi connectivity index (χ1v) is 12.5. The zero-order chi connectivity index (χ0) is 20.1. The Bertz CT molecular complexity index is 824. The molecule has 1 saturated carbocycles. The van der Waals surface area contributed by atoms with E-state index in [2.05, 4.69) is 12.2 Å². The van der Waals surface area contributed by atoms with Crippen LogP contribution in [0.5, 0.6) is 0 Å². The average molecular weight is 426 g/mol. The van der Waals surface area contributed by atoms with Crippen LogP contribution in [-0.2, 0) is 19.4 Å². The molecule has 1 aliphatic heterocycles. The van der Waals surface area contributed by atoms with E-state index in [4.69, 9.17) is 4.74 Å². The van der Waals surface area contributed by atoms with Crippen LogP contribution in [0.15, 0.2) is 29.2 Å². The lowest BCUT2D eigenvalue weighted by atomic mass is 9.86. The summed E-state index contributed by atoms with van der Waals surface area (Å²) in [6.45, 7) is 1.83. The smallest absolute Gasteiger partial charge is 0.339 e. The van der Waals surface area contributed by atoms with Crippen LogP contribution in [0.2, 0.25) is 0 Å². The van der Waals surface area contributed by atoms with Gasteiger partial charge < -0.3 is 10.1 Å². The fourth-order valence-electron chi connectivity index (χ4n) is 3.76. The van der Waals surface area contributed by atoms with Gasteiger partial charge in [-0.2, -0.15) is 0 Å². The summed E-state index contributed by atoms with van der Waals surface area (Å²) in [5.74, 6) is -0.0804. The van der Waals surface area contributed by atoms with Gasteiger partial charge in [-0.05, 0) is 37.3 Å². The maximum absolute atomic E-state index is 12.5. The molecule has 1 heterocycles. The molecule has 1 aliphatic carbocycles. The molecule has 1 N–H and O–H groups in total. The molecule has 0 radical (unpaired) electrons. The van der Waals surface area contributed by atoms with Gasteiger partial charge >= 0.3 is 5.97 Å². The zero-order valence-electron chi connectivity index (χ0n) is 16.1. The van der Waals surface area contributed by atoms with Gasteiger partial charge in [-0.1, -0.05) is 31.9 Å². The van der Waals surface area contributed by atoms with Gasteiger partial charge in [0.2, 0.25) is 0 Å². The van der Waals surface area contributed by atoms with Gasteiger partial charge in [0.05, 0.1) is 17.1 Å². The SMILES string of the molecule is C[C@@H]1CCCC[C@H]1NC(=O)COC(=O)c1ccccc1S[C@@H]1CCS(=O)(=O)C1. The molecule has 1 aromatic rings. The van der Waals surface area contributed by atoms with E-state index in [0.29, 0.717) is 22.8 Å². The molecular weight excluding hydrogens is 398 g/mol. The molecule has 1 saturated heterocycles. The monoisotopic (exact) mass is 425 g/mol. The minimum absolute atomic E-state index is 0.0602. The second-order valence-corrected chi connectivity index (χ2v) is 11.2. The van der Waals surface area contributed by atoms with Crippen LogP contribution in [0.3, 0.4) is 0 Å². The number of benzene rings is 1. The van der Waals surface area contributed by atoms with E-state index in [1.165, 1.54) is 18.2 Å². The van der Waals surface area contributed by atoms with Crippen LogP contribution in [0.4, 0.5) is 0 Å². The minimum Gasteiger partial charge on any atom is -0.452 e. The van der Waals surface area contributed by atoms with Gasteiger partial charge in [-0.25, -0.2) is 13.2 Å². The van der Waals surface area contributed by atoms with Crippen molar-refractivity contribution in [1.29, 1.82) is 0 Å². The number of carbonyl (C=O) groups excluding carboxylic acids is 2. The Morgan fingerprint density at radius 3 is 2.64 bits per heavy atom. The first kappa shape index (κ1) is 21.2. The summed E-state index contributed by atoms with van der Waals surface area (Å²) in [6.07, 6.45) is 4.95. The van der Waals surface area contributed by atoms with E-state index >= 15 is 0 Å². The Kier molecular flexibility index (Phi) is 7.04. The molecular formula is C20H27NO5S2. The van der Waals surface area contributed by atoms with Crippen LogP contribution in [-0.4, -0.2) is 49.7 Å². The molecule has 2 fully saturated rings. The number of thioether (sulfide) groups is 1. The molecule has 28 heavy (non-hydrogen) atoms. The largest absolute Gasteiger partial charge is 0.452 e. The van der Waals surface area contributed by atoms with Crippen LogP contribution in [0.1, 0.15) is 49.4 Å². The lowest BCUT2D eigenvalue weighted by molar-refractivity contribution is -0.125. The molecule has 0 spiro atoms. The molecule has 1 amide bonds. The fraction of sp³-hybridized carbons (Fsp3) is 0.600. The van der Waals surface area contributed by atoms with Gasteiger partial charge in [0.1, 0.15) is 0 Å². The summed E-state index contributed by atoms with van der Waals surface area (Å²) in [4.78, 5) is 25.4. The highest BCUT2D eigenvalue weighted by molar-refractivity contribution is 8.02. The van der Waals surface area contributed by atoms with Crippen LogP contribution < -0.4 is 5.32 Å². The number of rotatable bonds is 6. The van der Waals surface area contributed by atoms with Gasteiger partial charge in [-0.15, -0.1) is 11.8 Å². The molecule has 0 aromatic heterocycles. The third-order valence-electron chi connectivity index (χ3n) is 5.38. The molecule has 0 unspecified atom stereocenters. The maximum Gasteiger partial charge on any atom is 0.339 e. The number of hydrogen-bond acceptors (Lipinski definition) is 6. The molecule has 0 bridgehead atoms. The van der Waals surface area contributed by atoms with Crippen LogP contribution in [0.25, 0.3) is 0 Å². The fourth-order valence-corrected chi connectivity index (χ4v) is 7.38. The highest BCUT2D eigenvalue weighted by Crippen LogP contribution is 2.33. The van der Waals surface area contributed by atoms with Crippen molar-refractivity contribution in [2.45, 2.75) is 55.2 Å². The standard InChI is InChI=1S/C20H27NO5S2/c1-14-6-2-4-8-17(14)21-19(22)12-26-20(23)16-7-3-5-9-18(16)27-15-10-11-28(24,25)13-15/h3,5,7,9,14-15,17H,2,4,6,8,10-13H2,1H3,(H,21,22)/t14-,15-,17-/m1/s1. The van der Waals surface area contributed by atoms with Crippen molar-refractivity contribution in [3.8, 4) is 0 Å². The van der Waals surface area contributed by atoms with E-state index in [1.54, 1.807) is 24.3 Å². The van der Waals surface area contributed by atoms with E-state index in [9.17, 15) is 18.0 Å². The number of ether oxygens (including phenoxy) is 1. The second kappa shape index (κ2) is 9.31. The van der Waals surface area contributed by atoms with Crippen molar-refractivity contribution in [3.63, 3.8) is 0 Å². The Morgan fingerprint density at radius 2 is 1.93 bits per heavy atom. The summed E-state index contributed by atoms with van der Waals surface area (Å²) in [5, 5.41) is 2.91. The molecule has 6 nitrogen and oxygen atoms in total. The van der Waals surface area contributed by atoms with E-state index in [0.717, 1.165) is 19.3 Å². The molecule has 8 heteroatoms. The van der Waals surface area contributed by atoms with Crippen molar-refractivity contribution >= 4 is 33.5 Å². The number of sulfone groups is 1. The van der Waals surface area contributed by atoms with E-state index in [-0.39, 0.29) is 35.3 Å². The molecule has 2 aliphatic rings. The summed E-state index contributed by atoms with van der Waals surface area (Å²) in [6, 6.07) is 7.12. The second-order valence-electron chi connectivity index (χ2n) is 7.65. The predicted octanol–water partition coefficient (Wildman–Crippen LogP) is 2.82. The summed E-state index contributed by atoms with van der Waals surface area (Å²) >= 11 is 1.39. The number of carbonyl (C=O) groups is 2.